The van der Waals surface area contributed by atoms with E-state index in [0.717, 1.165) is 5.56 Å². The maximum absolute atomic E-state index is 12.5. The van der Waals surface area contributed by atoms with Crippen LogP contribution in [-0.4, -0.2) is 26.0 Å². The first-order valence-corrected chi connectivity index (χ1v) is 7.43. The smallest absolute Gasteiger partial charge is 0.306 e. The van der Waals surface area contributed by atoms with E-state index in [1.54, 1.807) is 31.4 Å². The maximum atomic E-state index is 12.5. The number of Topliss-reactive ketones (excluding diaryl/α,β-unsaturated/α-hetero) is 1. The number of ketones is 1. The third kappa shape index (κ3) is 4.68. The third-order valence-electron chi connectivity index (χ3n) is 3.76. The van der Waals surface area contributed by atoms with Crippen LogP contribution in [0.25, 0.3) is 0 Å². The molecular formula is C19H20O4. The van der Waals surface area contributed by atoms with Crippen LogP contribution in [0.15, 0.2) is 54.6 Å². The molecule has 2 aromatic carbocycles. The van der Waals surface area contributed by atoms with Gasteiger partial charge in [0.25, 0.3) is 0 Å². The molecule has 0 spiro atoms. The van der Waals surface area contributed by atoms with E-state index >= 15 is 0 Å². The van der Waals surface area contributed by atoms with E-state index in [9.17, 15) is 9.59 Å². The minimum Gasteiger partial charge on any atom is -0.497 e. The molecule has 0 aliphatic heterocycles. The zero-order valence-electron chi connectivity index (χ0n) is 13.3. The molecule has 0 radical (unpaired) electrons. The fourth-order valence-electron chi connectivity index (χ4n) is 2.44. The topological polar surface area (TPSA) is 52.6 Å². The Kier molecular flexibility index (Phi) is 5.92. The second kappa shape index (κ2) is 8.13. The molecule has 1 unspecified atom stereocenters. The van der Waals surface area contributed by atoms with E-state index in [2.05, 4.69) is 0 Å². The molecule has 0 bridgehead atoms. The highest BCUT2D eigenvalue weighted by atomic mass is 16.5. The minimum absolute atomic E-state index is 0.00888. The second-order valence-electron chi connectivity index (χ2n) is 5.24. The van der Waals surface area contributed by atoms with Crippen molar-refractivity contribution in [1.82, 2.24) is 0 Å². The van der Waals surface area contributed by atoms with Crippen molar-refractivity contribution >= 4 is 11.8 Å². The summed E-state index contributed by atoms with van der Waals surface area (Å²) in [6.07, 6.45) is 0.438. The van der Waals surface area contributed by atoms with Crippen LogP contribution >= 0.6 is 0 Å². The van der Waals surface area contributed by atoms with Crippen LogP contribution in [0.5, 0.6) is 5.75 Å². The van der Waals surface area contributed by atoms with E-state index in [4.69, 9.17) is 9.47 Å². The molecule has 0 fully saturated rings. The third-order valence-corrected chi connectivity index (χ3v) is 3.76. The summed E-state index contributed by atoms with van der Waals surface area (Å²) in [5, 5.41) is 0. The number of carbonyl (C=O) groups is 2. The Balaban J connectivity index is 2.15. The first-order chi connectivity index (χ1) is 11.1. The summed E-state index contributed by atoms with van der Waals surface area (Å²) < 4.78 is 9.85. The molecule has 4 nitrogen and oxygen atoms in total. The standard InChI is InChI=1S/C19H20O4/c1-22-17-10-8-15(9-11-17)18(20)12-16(13-19(21)23-2)14-6-4-3-5-7-14/h3-11,16H,12-13H2,1-2H3. The molecule has 1 atom stereocenters. The molecule has 0 aliphatic rings. The average molecular weight is 312 g/mol. The Bertz CT molecular complexity index is 647. The molecule has 0 saturated carbocycles. The van der Waals surface area contributed by atoms with Gasteiger partial charge in [0.15, 0.2) is 5.78 Å². The van der Waals surface area contributed by atoms with Gasteiger partial charge in [0.2, 0.25) is 0 Å². The largest absolute Gasteiger partial charge is 0.497 e. The lowest BCUT2D eigenvalue weighted by molar-refractivity contribution is -0.141. The average Bonchev–Trinajstić information content (AvgIpc) is 2.61. The van der Waals surface area contributed by atoms with E-state index in [1.807, 2.05) is 30.3 Å². The summed E-state index contributed by atoms with van der Waals surface area (Å²) >= 11 is 0. The van der Waals surface area contributed by atoms with Crippen LogP contribution < -0.4 is 4.74 Å². The molecule has 23 heavy (non-hydrogen) atoms. The number of ether oxygens (including phenoxy) is 2. The summed E-state index contributed by atoms with van der Waals surface area (Å²) in [7, 11) is 2.94. The lowest BCUT2D eigenvalue weighted by Gasteiger charge is -2.15. The van der Waals surface area contributed by atoms with Crippen molar-refractivity contribution in [2.24, 2.45) is 0 Å². The number of methoxy groups -OCH3 is 2. The van der Waals surface area contributed by atoms with Crippen molar-refractivity contribution in [3.05, 3.63) is 65.7 Å². The molecule has 0 N–H and O–H groups in total. The second-order valence-corrected chi connectivity index (χ2v) is 5.24. The number of benzene rings is 2. The maximum Gasteiger partial charge on any atom is 0.306 e. The fourth-order valence-corrected chi connectivity index (χ4v) is 2.44. The van der Waals surface area contributed by atoms with Gasteiger partial charge in [-0.2, -0.15) is 0 Å². The van der Waals surface area contributed by atoms with E-state index in [1.165, 1.54) is 7.11 Å². The van der Waals surface area contributed by atoms with Gasteiger partial charge >= 0.3 is 5.97 Å². The predicted molar refractivity (Wildman–Crippen MR) is 87.8 cm³/mol. The zero-order valence-corrected chi connectivity index (χ0v) is 13.3. The molecule has 2 rings (SSSR count). The summed E-state index contributed by atoms with van der Waals surface area (Å²) in [6.45, 7) is 0. The summed E-state index contributed by atoms with van der Waals surface area (Å²) in [5.74, 6) is 0.181. The highest BCUT2D eigenvalue weighted by Gasteiger charge is 2.20. The van der Waals surface area contributed by atoms with Crippen LogP contribution in [0, 0.1) is 0 Å². The number of rotatable bonds is 7. The molecule has 0 amide bonds. The molecule has 4 heteroatoms. The van der Waals surface area contributed by atoms with Gasteiger partial charge in [-0.15, -0.1) is 0 Å². The van der Waals surface area contributed by atoms with Crippen molar-refractivity contribution in [2.45, 2.75) is 18.8 Å². The van der Waals surface area contributed by atoms with E-state index < -0.39 is 0 Å². The van der Waals surface area contributed by atoms with E-state index in [-0.39, 0.29) is 30.5 Å². The lowest BCUT2D eigenvalue weighted by Crippen LogP contribution is -2.13. The Hall–Kier alpha value is -2.62. The first kappa shape index (κ1) is 16.7. The van der Waals surface area contributed by atoms with Crippen LogP contribution in [0.1, 0.15) is 34.7 Å². The molecule has 2 aromatic rings. The van der Waals surface area contributed by atoms with Gasteiger partial charge in [-0.3, -0.25) is 9.59 Å². The Morgan fingerprint density at radius 2 is 1.57 bits per heavy atom. The Morgan fingerprint density at radius 3 is 2.13 bits per heavy atom. The van der Waals surface area contributed by atoms with Crippen molar-refractivity contribution in [3.8, 4) is 5.75 Å². The number of esters is 1. The molecule has 0 aliphatic carbocycles. The molecule has 0 saturated heterocycles. The van der Waals surface area contributed by atoms with Gasteiger partial charge in [0, 0.05) is 17.9 Å². The van der Waals surface area contributed by atoms with Crippen LogP contribution in [0.3, 0.4) is 0 Å². The van der Waals surface area contributed by atoms with Crippen LogP contribution in [0.2, 0.25) is 0 Å². The summed E-state index contributed by atoms with van der Waals surface area (Å²) in [5.41, 5.74) is 1.57. The van der Waals surface area contributed by atoms with Crippen molar-refractivity contribution in [3.63, 3.8) is 0 Å². The molecule has 120 valence electrons. The number of carbonyl (C=O) groups excluding carboxylic acids is 2. The van der Waals surface area contributed by atoms with Gasteiger partial charge < -0.3 is 9.47 Å². The van der Waals surface area contributed by atoms with Crippen LogP contribution in [-0.2, 0) is 9.53 Å². The Morgan fingerprint density at radius 1 is 0.913 bits per heavy atom. The van der Waals surface area contributed by atoms with Gasteiger partial charge in [0.1, 0.15) is 5.75 Å². The van der Waals surface area contributed by atoms with Crippen molar-refractivity contribution in [1.29, 1.82) is 0 Å². The summed E-state index contributed by atoms with van der Waals surface area (Å²) in [4.78, 5) is 24.2. The highest BCUT2D eigenvalue weighted by Crippen LogP contribution is 2.26. The van der Waals surface area contributed by atoms with Crippen molar-refractivity contribution in [2.75, 3.05) is 14.2 Å². The van der Waals surface area contributed by atoms with Crippen LogP contribution in [0.4, 0.5) is 0 Å². The number of hydrogen-bond acceptors (Lipinski definition) is 4. The normalized spacial score (nSPS) is 11.6. The summed E-state index contributed by atoms with van der Waals surface area (Å²) in [6, 6.07) is 16.5. The fraction of sp³-hybridized carbons (Fsp3) is 0.263. The highest BCUT2D eigenvalue weighted by molar-refractivity contribution is 5.97. The minimum atomic E-state index is -0.318. The van der Waals surface area contributed by atoms with Gasteiger partial charge in [-0.05, 0) is 29.8 Å². The molecule has 0 aromatic heterocycles. The van der Waals surface area contributed by atoms with Gasteiger partial charge in [-0.1, -0.05) is 30.3 Å². The quantitative estimate of drug-likeness (QED) is 0.579. The van der Waals surface area contributed by atoms with Crippen molar-refractivity contribution < 1.29 is 19.1 Å². The van der Waals surface area contributed by atoms with Gasteiger partial charge in [0.05, 0.1) is 20.6 Å². The number of hydrogen-bond donors (Lipinski definition) is 0. The Labute approximate surface area is 136 Å². The predicted octanol–water partition coefficient (Wildman–Crippen LogP) is 3.61. The first-order valence-electron chi connectivity index (χ1n) is 7.43. The molecule has 0 heterocycles. The van der Waals surface area contributed by atoms with Gasteiger partial charge in [-0.25, -0.2) is 0 Å². The lowest BCUT2D eigenvalue weighted by atomic mass is 9.89. The molecular weight excluding hydrogens is 292 g/mol. The van der Waals surface area contributed by atoms with E-state index in [0.29, 0.717) is 11.3 Å². The monoisotopic (exact) mass is 312 g/mol. The SMILES string of the molecule is COC(=O)CC(CC(=O)c1ccc(OC)cc1)c1ccccc1. The zero-order chi connectivity index (χ0) is 16.7.